The van der Waals surface area contributed by atoms with Gasteiger partial charge in [0.2, 0.25) is 0 Å². The van der Waals surface area contributed by atoms with Crippen LogP contribution < -0.4 is 5.32 Å². The molecule has 0 radical (unpaired) electrons. The number of rotatable bonds is 4. The number of halogens is 1. The van der Waals surface area contributed by atoms with Crippen LogP contribution in [0.25, 0.3) is 11.1 Å². The molecule has 0 spiro atoms. The molecule has 32 heavy (non-hydrogen) atoms. The number of aryl methyl sites for hydroxylation is 1. The predicted molar refractivity (Wildman–Crippen MR) is 118 cm³/mol. The van der Waals surface area contributed by atoms with Crippen molar-refractivity contribution in [2.75, 3.05) is 18.4 Å². The Labute approximate surface area is 184 Å². The molecule has 0 aliphatic carbocycles. The van der Waals surface area contributed by atoms with Gasteiger partial charge in [0.15, 0.2) is 11.4 Å². The van der Waals surface area contributed by atoms with E-state index < -0.39 is 0 Å². The first-order chi connectivity index (χ1) is 15.6. The normalized spacial score (nSPS) is 14.6. The van der Waals surface area contributed by atoms with Crippen LogP contribution >= 0.6 is 0 Å². The third-order valence-corrected chi connectivity index (χ3v) is 5.86. The number of amides is 1. The van der Waals surface area contributed by atoms with Crippen molar-refractivity contribution in [3.05, 3.63) is 77.8 Å². The van der Waals surface area contributed by atoms with Crippen molar-refractivity contribution in [1.29, 1.82) is 0 Å². The number of nitrogens with zero attached hydrogens (tertiary/aromatic N) is 4. The summed E-state index contributed by atoms with van der Waals surface area (Å²) in [6, 6.07) is 10.3. The molecule has 0 saturated carbocycles. The Hall–Kier alpha value is -3.81. The zero-order valence-electron chi connectivity index (χ0n) is 17.6. The van der Waals surface area contributed by atoms with Crippen molar-refractivity contribution >= 4 is 28.5 Å². The molecule has 1 aliphatic rings. The topological polar surface area (TPSA) is 84.2 Å². The summed E-state index contributed by atoms with van der Waals surface area (Å²) in [5.74, 6) is 0.234. The van der Waals surface area contributed by atoms with Gasteiger partial charge in [0.1, 0.15) is 23.4 Å². The highest BCUT2D eigenvalue weighted by atomic mass is 19.1. The zero-order chi connectivity index (χ0) is 22.1. The first-order valence-electron chi connectivity index (χ1n) is 10.6. The molecule has 4 heterocycles. The molecule has 4 aromatic rings. The number of fused-ring (bicyclic) bond motifs is 1. The summed E-state index contributed by atoms with van der Waals surface area (Å²) in [6.45, 7) is 3.11. The Bertz CT molecular complexity index is 1270. The summed E-state index contributed by atoms with van der Waals surface area (Å²) >= 11 is 0. The molecule has 1 aliphatic heterocycles. The second-order valence-corrected chi connectivity index (χ2v) is 7.98. The van der Waals surface area contributed by atoms with E-state index in [0.29, 0.717) is 41.4 Å². The van der Waals surface area contributed by atoms with Gasteiger partial charge in [0.25, 0.3) is 5.91 Å². The second kappa shape index (κ2) is 8.37. The number of anilines is 2. The molecule has 1 amide bonds. The van der Waals surface area contributed by atoms with Crippen molar-refractivity contribution in [2.45, 2.75) is 25.7 Å². The molecule has 1 N–H and O–H groups in total. The van der Waals surface area contributed by atoms with Gasteiger partial charge in [0.05, 0.1) is 12.0 Å². The van der Waals surface area contributed by atoms with Crippen LogP contribution in [0.2, 0.25) is 0 Å². The van der Waals surface area contributed by atoms with E-state index in [1.54, 1.807) is 30.7 Å². The SMILES string of the molecule is Cc1ccc(Nc2ncnc3c(C4CCN(C(=O)c5ccccn5)CC4)coc23)c(F)c1. The first kappa shape index (κ1) is 20.1. The highest BCUT2D eigenvalue weighted by Gasteiger charge is 2.28. The highest BCUT2D eigenvalue weighted by Crippen LogP contribution is 2.36. The Morgan fingerprint density at radius 2 is 2.00 bits per heavy atom. The summed E-state index contributed by atoms with van der Waals surface area (Å²) in [5, 5.41) is 3.02. The van der Waals surface area contributed by atoms with Crippen molar-refractivity contribution in [3.63, 3.8) is 0 Å². The molecule has 5 rings (SSSR count). The molecule has 1 fully saturated rings. The summed E-state index contributed by atoms with van der Waals surface area (Å²) in [5.41, 5.74) is 3.83. The Morgan fingerprint density at radius 1 is 1.16 bits per heavy atom. The van der Waals surface area contributed by atoms with Gasteiger partial charge in [-0.25, -0.2) is 14.4 Å². The molecular formula is C24H22FN5O2. The maximum Gasteiger partial charge on any atom is 0.272 e. The monoisotopic (exact) mass is 431 g/mol. The molecule has 3 aromatic heterocycles. The number of furan rings is 1. The quantitative estimate of drug-likeness (QED) is 0.498. The fourth-order valence-corrected chi connectivity index (χ4v) is 4.14. The Morgan fingerprint density at radius 3 is 2.75 bits per heavy atom. The van der Waals surface area contributed by atoms with Gasteiger partial charge in [0, 0.05) is 24.8 Å². The largest absolute Gasteiger partial charge is 0.458 e. The average molecular weight is 431 g/mol. The number of hydrogen-bond donors (Lipinski definition) is 1. The van der Waals surface area contributed by atoms with Gasteiger partial charge in [-0.15, -0.1) is 0 Å². The number of benzene rings is 1. The van der Waals surface area contributed by atoms with Crippen LogP contribution in [0.5, 0.6) is 0 Å². The van der Waals surface area contributed by atoms with E-state index in [2.05, 4.69) is 20.3 Å². The van der Waals surface area contributed by atoms with E-state index in [1.165, 1.54) is 12.4 Å². The number of carbonyl (C=O) groups excluding carboxylic acids is 1. The fourth-order valence-electron chi connectivity index (χ4n) is 4.14. The minimum atomic E-state index is -0.353. The van der Waals surface area contributed by atoms with E-state index in [-0.39, 0.29) is 17.6 Å². The van der Waals surface area contributed by atoms with E-state index in [1.807, 2.05) is 24.0 Å². The molecule has 162 valence electrons. The van der Waals surface area contributed by atoms with Crippen LogP contribution in [0.4, 0.5) is 15.9 Å². The lowest BCUT2D eigenvalue weighted by molar-refractivity contribution is 0.0707. The van der Waals surface area contributed by atoms with Crippen molar-refractivity contribution in [3.8, 4) is 0 Å². The van der Waals surface area contributed by atoms with Gasteiger partial charge >= 0.3 is 0 Å². The second-order valence-electron chi connectivity index (χ2n) is 7.98. The minimum absolute atomic E-state index is 0.0463. The Balaban J connectivity index is 1.34. The number of nitrogens with one attached hydrogen (secondary N) is 1. The van der Waals surface area contributed by atoms with Crippen LogP contribution in [0, 0.1) is 12.7 Å². The van der Waals surface area contributed by atoms with Gasteiger partial charge in [-0.3, -0.25) is 9.78 Å². The van der Waals surface area contributed by atoms with Gasteiger partial charge in [-0.05, 0) is 55.5 Å². The summed E-state index contributed by atoms with van der Waals surface area (Å²) in [4.78, 5) is 27.3. The Kier molecular flexibility index (Phi) is 5.26. The number of pyridine rings is 1. The summed E-state index contributed by atoms with van der Waals surface area (Å²) < 4.78 is 20.1. The lowest BCUT2D eigenvalue weighted by Gasteiger charge is -2.31. The van der Waals surface area contributed by atoms with Gasteiger partial charge in [-0.1, -0.05) is 12.1 Å². The molecule has 0 bridgehead atoms. The first-order valence-corrected chi connectivity index (χ1v) is 10.6. The molecule has 1 saturated heterocycles. The van der Waals surface area contributed by atoms with Crippen LogP contribution in [-0.2, 0) is 0 Å². The number of carbonyl (C=O) groups is 1. The maximum absolute atomic E-state index is 14.3. The van der Waals surface area contributed by atoms with Crippen molar-refractivity contribution < 1.29 is 13.6 Å². The molecule has 0 unspecified atom stereocenters. The third-order valence-electron chi connectivity index (χ3n) is 5.86. The third kappa shape index (κ3) is 3.79. The van der Waals surface area contributed by atoms with Crippen LogP contribution in [-0.4, -0.2) is 38.8 Å². The highest BCUT2D eigenvalue weighted by molar-refractivity contribution is 5.92. The van der Waals surface area contributed by atoms with Gasteiger partial charge in [-0.2, -0.15) is 0 Å². The number of hydrogen-bond acceptors (Lipinski definition) is 6. The van der Waals surface area contributed by atoms with Crippen molar-refractivity contribution in [2.24, 2.45) is 0 Å². The molecule has 1 aromatic carbocycles. The van der Waals surface area contributed by atoms with E-state index in [9.17, 15) is 9.18 Å². The van der Waals surface area contributed by atoms with Crippen molar-refractivity contribution in [1.82, 2.24) is 19.9 Å². The zero-order valence-corrected chi connectivity index (χ0v) is 17.6. The molecular weight excluding hydrogens is 409 g/mol. The smallest absolute Gasteiger partial charge is 0.272 e. The van der Waals surface area contributed by atoms with Crippen LogP contribution in [0.3, 0.4) is 0 Å². The van der Waals surface area contributed by atoms with E-state index in [0.717, 1.165) is 24.0 Å². The maximum atomic E-state index is 14.3. The minimum Gasteiger partial charge on any atom is -0.458 e. The van der Waals surface area contributed by atoms with E-state index >= 15 is 0 Å². The molecule has 0 atom stereocenters. The number of likely N-dealkylation sites (tertiary alicyclic amines) is 1. The summed E-state index contributed by atoms with van der Waals surface area (Å²) in [6.07, 6.45) is 6.39. The number of piperidine rings is 1. The van der Waals surface area contributed by atoms with E-state index in [4.69, 9.17) is 4.42 Å². The predicted octanol–water partition coefficient (Wildman–Crippen LogP) is 4.83. The standard InChI is InChI=1S/C24H22FN5O2/c1-15-5-6-19(18(25)12-15)29-23-22-21(27-14-28-23)17(13-32-22)16-7-10-30(11-8-16)24(31)20-4-2-3-9-26-20/h2-6,9,12-14,16H,7-8,10-11H2,1H3,(H,27,28,29). The lowest BCUT2D eigenvalue weighted by atomic mass is 9.90. The van der Waals surface area contributed by atoms with Gasteiger partial charge < -0.3 is 14.6 Å². The molecule has 7 nitrogen and oxygen atoms in total. The molecule has 8 heteroatoms. The fraction of sp³-hybridized carbons (Fsp3) is 0.250. The van der Waals surface area contributed by atoms with Crippen LogP contribution in [0.1, 0.15) is 40.4 Å². The van der Waals surface area contributed by atoms with Crippen LogP contribution in [0.15, 0.2) is 59.6 Å². The lowest BCUT2D eigenvalue weighted by Crippen LogP contribution is -2.38. The number of aromatic nitrogens is 3. The average Bonchev–Trinajstić information content (AvgIpc) is 3.26. The summed E-state index contributed by atoms with van der Waals surface area (Å²) in [7, 11) is 0.